The summed E-state index contributed by atoms with van der Waals surface area (Å²) in [5.74, 6) is 0. The first-order valence-electron chi connectivity index (χ1n) is 7.94. The Labute approximate surface area is 129 Å². The summed E-state index contributed by atoms with van der Waals surface area (Å²) >= 11 is 0. The first kappa shape index (κ1) is 15.8. The molecule has 0 spiro atoms. The van der Waals surface area contributed by atoms with Crippen LogP contribution in [-0.4, -0.2) is 6.54 Å². The Morgan fingerprint density at radius 1 is 1.00 bits per heavy atom. The molecule has 1 unspecified atom stereocenters. The van der Waals surface area contributed by atoms with E-state index >= 15 is 0 Å². The van der Waals surface area contributed by atoms with Gasteiger partial charge in [-0.25, -0.2) is 0 Å². The standard InChI is InChI=1S/C20H27N/c1-6-10-21-17(5)18-8-7-9-19(13-18)20-15(3)11-14(2)12-16(20)4/h7-9,11-13,17,21H,6,10H2,1-5H3. The molecule has 0 amide bonds. The largest absolute Gasteiger partial charge is 0.310 e. The number of benzene rings is 2. The van der Waals surface area contributed by atoms with Crippen LogP contribution in [0.2, 0.25) is 0 Å². The van der Waals surface area contributed by atoms with Crippen LogP contribution in [0.4, 0.5) is 0 Å². The molecule has 0 fully saturated rings. The summed E-state index contributed by atoms with van der Waals surface area (Å²) in [4.78, 5) is 0. The van der Waals surface area contributed by atoms with Gasteiger partial charge in [0.25, 0.3) is 0 Å². The molecule has 2 aromatic rings. The van der Waals surface area contributed by atoms with Gasteiger partial charge in [-0.3, -0.25) is 0 Å². The number of nitrogens with one attached hydrogen (secondary N) is 1. The van der Waals surface area contributed by atoms with Crippen molar-refractivity contribution in [1.29, 1.82) is 0 Å². The van der Waals surface area contributed by atoms with Gasteiger partial charge in [0.1, 0.15) is 0 Å². The number of rotatable bonds is 5. The molecule has 0 saturated carbocycles. The van der Waals surface area contributed by atoms with E-state index in [1.165, 1.54) is 39.8 Å². The maximum absolute atomic E-state index is 3.57. The summed E-state index contributed by atoms with van der Waals surface area (Å²) < 4.78 is 0. The second-order valence-corrected chi connectivity index (χ2v) is 6.07. The molecule has 0 aliphatic carbocycles. The molecule has 1 atom stereocenters. The summed E-state index contributed by atoms with van der Waals surface area (Å²) in [5, 5.41) is 3.57. The van der Waals surface area contributed by atoms with E-state index in [1.54, 1.807) is 0 Å². The molecule has 0 bridgehead atoms. The van der Waals surface area contributed by atoms with Crippen LogP contribution >= 0.6 is 0 Å². The van der Waals surface area contributed by atoms with Gasteiger partial charge in [0.15, 0.2) is 0 Å². The molecule has 0 aliphatic heterocycles. The first-order valence-corrected chi connectivity index (χ1v) is 7.94. The van der Waals surface area contributed by atoms with Crippen LogP contribution in [-0.2, 0) is 0 Å². The fourth-order valence-electron chi connectivity index (χ4n) is 3.08. The zero-order chi connectivity index (χ0) is 15.4. The predicted octanol–water partition coefficient (Wildman–Crippen LogP) is 5.34. The highest BCUT2D eigenvalue weighted by Gasteiger charge is 2.09. The minimum atomic E-state index is 0.399. The zero-order valence-corrected chi connectivity index (χ0v) is 14.0. The molecule has 0 saturated heterocycles. The highest BCUT2D eigenvalue weighted by atomic mass is 14.9. The van der Waals surface area contributed by atoms with E-state index in [1.807, 2.05) is 0 Å². The fourth-order valence-corrected chi connectivity index (χ4v) is 3.08. The van der Waals surface area contributed by atoms with Gasteiger partial charge in [0.05, 0.1) is 0 Å². The SMILES string of the molecule is CCCNC(C)c1cccc(-c2c(C)cc(C)cc2C)c1. The molecule has 0 radical (unpaired) electrons. The van der Waals surface area contributed by atoms with Crippen LogP contribution in [0, 0.1) is 20.8 Å². The molecule has 0 aromatic heterocycles. The first-order chi connectivity index (χ1) is 10.0. The molecule has 112 valence electrons. The minimum Gasteiger partial charge on any atom is -0.310 e. The van der Waals surface area contributed by atoms with Gasteiger partial charge in [0.2, 0.25) is 0 Å². The van der Waals surface area contributed by atoms with Crippen molar-refractivity contribution in [2.45, 2.75) is 47.1 Å². The quantitative estimate of drug-likeness (QED) is 0.780. The van der Waals surface area contributed by atoms with Gasteiger partial charge in [-0.15, -0.1) is 0 Å². The number of hydrogen-bond acceptors (Lipinski definition) is 1. The molecule has 1 nitrogen and oxygen atoms in total. The Hall–Kier alpha value is -1.60. The number of aryl methyl sites for hydroxylation is 3. The molecular weight excluding hydrogens is 254 g/mol. The number of hydrogen-bond donors (Lipinski definition) is 1. The van der Waals surface area contributed by atoms with Crippen molar-refractivity contribution in [3.8, 4) is 11.1 Å². The van der Waals surface area contributed by atoms with E-state index in [0.29, 0.717) is 6.04 Å². The zero-order valence-electron chi connectivity index (χ0n) is 14.0. The van der Waals surface area contributed by atoms with E-state index in [2.05, 4.69) is 76.3 Å². The van der Waals surface area contributed by atoms with Crippen molar-refractivity contribution in [1.82, 2.24) is 5.32 Å². The van der Waals surface area contributed by atoms with Crippen molar-refractivity contribution < 1.29 is 0 Å². The molecular formula is C20H27N. The lowest BCUT2D eigenvalue weighted by Gasteiger charge is -2.17. The van der Waals surface area contributed by atoms with Gasteiger partial charge >= 0.3 is 0 Å². The van der Waals surface area contributed by atoms with Crippen LogP contribution in [0.25, 0.3) is 11.1 Å². The lowest BCUT2D eigenvalue weighted by molar-refractivity contribution is 0.571. The Balaban J connectivity index is 2.38. The normalized spacial score (nSPS) is 12.4. The topological polar surface area (TPSA) is 12.0 Å². The van der Waals surface area contributed by atoms with Crippen LogP contribution in [0.3, 0.4) is 0 Å². The third kappa shape index (κ3) is 3.74. The Morgan fingerprint density at radius 2 is 1.67 bits per heavy atom. The van der Waals surface area contributed by atoms with E-state index < -0.39 is 0 Å². The van der Waals surface area contributed by atoms with E-state index in [9.17, 15) is 0 Å². The Bertz CT molecular complexity index is 590. The lowest BCUT2D eigenvalue weighted by atomic mass is 9.92. The molecule has 0 aliphatic rings. The maximum atomic E-state index is 3.57. The molecule has 21 heavy (non-hydrogen) atoms. The molecule has 1 heteroatoms. The third-order valence-electron chi connectivity index (χ3n) is 4.05. The monoisotopic (exact) mass is 281 g/mol. The highest BCUT2D eigenvalue weighted by Crippen LogP contribution is 2.30. The summed E-state index contributed by atoms with van der Waals surface area (Å²) in [6.45, 7) is 12.1. The molecule has 2 aromatic carbocycles. The van der Waals surface area contributed by atoms with Crippen molar-refractivity contribution in [2.24, 2.45) is 0 Å². The van der Waals surface area contributed by atoms with Crippen molar-refractivity contribution >= 4 is 0 Å². The van der Waals surface area contributed by atoms with Gasteiger partial charge in [-0.05, 0) is 74.5 Å². The second-order valence-electron chi connectivity index (χ2n) is 6.07. The Morgan fingerprint density at radius 3 is 2.29 bits per heavy atom. The fraction of sp³-hybridized carbons (Fsp3) is 0.400. The smallest absolute Gasteiger partial charge is 0.0292 e. The minimum absolute atomic E-state index is 0.399. The molecule has 0 heterocycles. The summed E-state index contributed by atoms with van der Waals surface area (Å²) in [7, 11) is 0. The average molecular weight is 281 g/mol. The molecule has 1 N–H and O–H groups in total. The highest BCUT2D eigenvalue weighted by molar-refractivity contribution is 5.71. The van der Waals surface area contributed by atoms with Crippen LogP contribution < -0.4 is 5.32 Å². The summed E-state index contributed by atoms with van der Waals surface area (Å²) in [6, 6.07) is 13.9. The van der Waals surface area contributed by atoms with Crippen molar-refractivity contribution in [2.75, 3.05) is 6.54 Å². The summed E-state index contributed by atoms with van der Waals surface area (Å²) in [5.41, 5.74) is 8.12. The van der Waals surface area contributed by atoms with Crippen LogP contribution in [0.15, 0.2) is 36.4 Å². The van der Waals surface area contributed by atoms with Crippen LogP contribution in [0.1, 0.15) is 48.6 Å². The Kier molecular flexibility index (Phi) is 5.19. The van der Waals surface area contributed by atoms with E-state index in [4.69, 9.17) is 0 Å². The van der Waals surface area contributed by atoms with Gasteiger partial charge in [0, 0.05) is 6.04 Å². The summed E-state index contributed by atoms with van der Waals surface area (Å²) in [6.07, 6.45) is 1.17. The lowest BCUT2D eigenvalue weighted by Crippen LogP contribution is -2.19. The van der Waals surface area contributed by atoms with Gasteiger partial charge < -0.3 is 5.32 Å². The second kappa shape index (κ2) is 6.91. The van der Waals surface area contributed by atoms with E-state index in [0.717, 1.165) is 6.54 Å². The third-order valence-corrected chi connectivity index (χ3v) is 4.05. The maximum Gasteiger partial charge on any atom is 0.0292 e. The van der Waals surface area contributed by atoms with Crippen LogP contribution in [0.5, 0.6) is 0 Å². The average Bonchev–Trinajstić information content (AvgIpc) is 2.44. The van der Waals surface area contributed by atoms with E-state index in [-0.39, 0.29) is 0 Å². The molecule has 2 rings (SSSR count). The predicted molar refractivity (Wildman–Crippen MR) is 92.8 cm³/mol. The van der Waals surface area contributed by atoms with Gasteiger partial charge in [-0.2, -0.15) is 0 Å². The van der Waals surface area contributed by atoms with Gasteiger partial charge in [-0.1, -0.05) is 42.8 Å². The van der Waals surface area contributed by atoms with Crippen molar-refractivity contribution in [3.63, 3.8) is 0 Å². The van der Waals surface area contributed by atoms with Crippen molar-refractivity contribution in [3.05, 3.63) is 58.7 Å².